The standard InChI is InChI=1S/C11H18NO.C10H13N.C6H13NO.CH5N/c1-9(2)11-7-5-6-10(8-13)12(11,3)4;1-4-9-6-5-7-10(11-9)8(2)3;1-7-4-3-6(5-7)8-2;1-2/h5-9,11H,1-4H3;4-8H,1H2,2-3H3;6H,3-5H2,1-2H3;2H2,1H3/q+1;;;. The number of hydrogen-bond donors (Lipinski definition) is 1. The molecule has 1 saturated heterocycles. The van der Waals surface area contributed by atoms with Gasteiger partial charge in [0.1, 0.15) is 6.04 Å². The Morgan fingerprint density at radius 3 is 2.29 bits per heavy atom. The summed E-state index contributed by atoms with van der Waals surface area (Å²) in [5, 5.41) is 0. The van der Waals surface area contributed by atoms with Crippen molar-refractivity contribution in [2.45, 2.75) is 52.2 Å². The lowest BCUT2D eigenvalue weighted by molar-refractivity contribution is -0.870. The molecule has 34 heavy (non-hydrogen) atoms. The zero-order valence-electron chi connectivity index (χ0n) is 23.0. The first-order valence-corrected chi connectivity index (χ1v) is 12.1. The third-order valence-corrected chi connectivity index (χ3v) is 6.06. The number of carbonyl (C=O) groups is 1. The maximum absolute atomic E-state index is 10.8. The summed E-state index contributed by atoms with van der Waals surface area (Å²) in [5.41, 5.74) is 7.43. The Balaban J connectivity index is 0.000000474. The van der Waals surface area contributed by atoms with Gasteiger partial charge in [-0.15, -0.1) is 0 Å². The predicted molar refractivity (Wildman–Crippen MR) is 145 cm³/mol. The van der Waals surface area contributed by atoms with Crippen molar-refractivity contribution in [2.24, 2.45) is 11.7 Å². The minimum atomic E-state index is 0.408. The van der Waals surface area contributed by atoms with Crippen LogP contribution in [0.25, 0.3) is 6.08 Å². The van der Waals surface area contributed by atoms with Crippen molar-refractivity contribution in [2.75, 3.05) is 48.4 Å². The SMILES string of the molecule is C=Cc1cccc(C(C)C)n1.CC(C)C1C=CC=C(C=O)[N+]1(C)C.CN.COC1CCN(C)C1. The molecule has 0 amide bonds. The third-order valence-electron chi connectivity index (χ3n) is 6.06. The van der Waals surface area contributed by atoms with Crippen LogP contribution in [0.15, 0.2) is 48.7 Å². The van der Waals surface area contributed by atoms with Gasteiger partial charge in [0.2, 0.25) is 6.29 Å². The lowest BCUT2D eigenvalue weighted by atomic mass is 9.97. The van der Waals surface area contributed by atoms with Gasteiger partial charge in [0.15, 0.2) is 5.70 Å². The first-order valence-electron chi connectivity index (χ1n) is 12.1. The van der Waals surface area contributed by atoms with Crippen LogP contribution in [0, 0.1) is 5.92 Å². The Labute approximate surface area is 208 Å². The number of quaternary nitrogens is 1. The normalized spacial score (nSPS) is 20.8. The van der Waals surface area contributed by atoms with E-state index >= 15 is 0 Å². The van der Waals surface area contributed by atoms with E-state index in [0.29, 0.717) is 28.5 Å². The smallest absolute Gasteiger partial charge is 0.203 e. The van der Waals surface area contributed by atoms with Crippen LogP contribution in [0.1, 0.15) is 51.4 Å². The lowest BCUT2D eigenvalue weighted by Crippen LogP contribution is -2.50. The molecule has 1 aromatic heterocycles. The summed E-state index contributed by atoms with van der Waals surface area (Å²) in [6, 6.07) is 6.42. The Morgan fingerprint density at radius 2 is 1.88 bits per heavy atom. The fraction of sp³-hybridized carbons (Fsp3) is 0.571. The predicted octanol–water partition coefficient (Wildman–Crippen LogP) is 4.50. The van der Waals surface area contributed by atoms with Crippen molar-refractivity contribution >= 4 is 12.4 Å². The van der Waals surface area contributed by atoms with Gasteiger partial charge in [-0.25, -0.2) is 0 Å². The zero-order chi connectivity index (χ0) is 26.3. The van der Waals surface area contributed by atoms with Crippen molar-refractivity contribution in [1.29, 1.82) is 0 Å². The van der Waals surface area contributed by atoms with Gasteiger partial charge in [0, 0.05) is 37.9 Å². The number of nitrogens with two attached hydrogens (primary N) is 1. The van der Waals surface area contributed by atoms with Crippen LogP contribution in [0.2, 0.25) is 0 Å². The number of carbonyl (C=O) groups excluding carboxylic acids is 1. The Kier molecular flexibility index (Phi) is 15.5. The number of likely N-dealkylation sites (tertiary alicyclic amines) is 1. The molecule has 0 radical (unpaired) electrons. The van der Waals surface area contributed by atoms with Gasteiger partial charge in [-0.2, -0.15) is 0 Å². The van der Waals surface area contributed by atoms with E-state index in [1.54, 1.807) is 13.2 Å². The summed E-state index contributed by atoms with van der Waals surface area (Å²) in [6.07, 6.45) is 10.5. The van der Waals surface area contributed by atoms with Gasteiger partial charge in [-0.1, -0.05) is 46.4 Å². The van der Waals surface area contributed by atoms with Crippen molar-refractivity contribution in [3.63, 3.8) is 0 Å². The van der Waals surface area contributed by atoms with Crippen molar-refractivity contribution in [1.82, 2.24) is 9.88 Å². The summed E-state index contributed by atoms with van der Waals surface area (Å²) in [4.78, 5) is 17.5. The number of rotatable bonds is 5. The van der Waals surface area contributed by atoms with Crippen LogP contribution in [-0.2, 0) is 9.53 Å². The molecule has 192 valence electrons. The Hall–Kier alpha value is -2.12. The van der Waals surface area contributed by atoms with E-state index in [0.717, 1.165) is 29.9 Å². The summed E-state index contributed by atoms with van der Waals surface area (Å²) in [7, 11) is 9.56. The quantitative estimate of drug-likeness (QED) is 0.504. The summed E-state index contributed by atoms with van der Waals surface area (Å²) in [5.74, 6) is 1.05. The molecule has 1 aromatic rings. The highest BCUT2D eigenvalue weighted by molar-refractivity contribution is 5.71. The van der Waals surface area contributed by atoms with Crippen molar-refractivity contribution in [3.8, 4) is 0 Å². The molecule has 6 heteroatoms. The van der Waals surface area contributed by atoms with E-state index in [-0.39, 0.29) is 0 Å². The number of ether oxygens (including phenoxy) is 1. The second-order valence-corrected chi connectivity index (χ2v) is 9.62. The van der Waals surface area contributed by atoms with E-state index in [2.05, 4.69) is 77.1 Å². The molecular formula is C28H49N4O2+. The highest BCUT2D eigenvalue weighted by Gasteiger charge is 2.34. The molecule has 2 atom stereocenters. The van der Waals surface area contributed by atoms with Gasteiger partial charge in [-0.3, -0.25) is 14.3 Å². The van der Waals surface area contributed by atoms with Crippen molar-refractivity contribution < 1.29 is 14.0 Å². The third kappa shape index (κ3) is 10.4. The molecule has 6 nitrogen and oxygen atoms in total. The maximum Gasteiger partial charge on any atom is 0.203 e. The number of allylic oxidation sites excluding steroid dienone is 3. The molecular weight excluding hydrogens is 424 g/mol. The molecule has 0 spiro atoms. The van der Waals surface area contributed by atoms with E-state index in [1.807, 2.05) is 30.4 Å². The number of nitrogens with zero attached hydrogens (tertiary/aromatic N) is 3. The molecule has 0 aliphatic carbocycles. The number of aldehydes is 1. The average molecular weight is 474 g/mol. The van der Waals surface area contributed by atoms with Crippen LogP contribution >= 0.6 is 0 Å². The topological polar surface area (TPSA) is 68.5 Å². The van der Waals surface area contributed by atoms with E-state index in [4.69, 9.17) is 4.74 Å². The van der Waals surface area contributed by atoms with Crippen LogP contribution in [-0.4, -0.2) is 81.2 Å². The molecule has 2 aliphatic rings. The molecule has 2 unspecified atom stereocenters. The van der Waals surface area contributed by atoms with E-state index < -0.39 is 0 Å². The van der Waals surface area contributed by atoms with Crippen LogP contribution in [0.5, 0.6) is 0 Å². The second kappa shape index (κ2) is 16.5. The van der Waals surface area contributed by atoms with Crippen LogP contribution < -0.4 is 5.73 Å². The fourth-order valence-corrected chi connectivity index (χ4v) is 3.98. The van der Waals surface area contributed by atoms with Crippen molar-refractivity contribution in [3.05, 3.63) is 60.1 Å². The molecule has 3 rings (SSSR count). The van der Waals surface area contributed by atoms with Crippen LogP contribution in [0.3, 0.4) is 0 Å². The largest absolute Gasteiger partial charge is 0.380 e. The van der Waals surface area contributed by atoms with E-state index in [1.165, 1.54) is 20.0 Å². The second-order valence-electron chi connectivity index (χ2n) is 9.62. The van der Waals surface area contributed by atoms with E-state index in [9.17, 15) is 4.79 Å². The maximum atomic E-state index is 10.8. The number of methoxy groups -OCH3 is 1. The van der Waals surface area contributed by atoms with Gasteiger partial charge < -0.3 is 15.4 Å². The zero-order valence-corrected chi connectivity index (χ0v) is 23.0. The van der Waals surface area contributed by atoms with Crippen LogP contribution in [0.4, 0.5) is 0 Å². The highest BCUT2D eigenvalue weighted by Crippen LogP contribution is 2.25. The fourth-order valence-electron chi connectivity index (χ4n) is 3.98. The summed E-state index contributed by atoms with van der Waals surface area (Å²) in [6.45, 7) is 14.6. The Bertz CT molecular complexity index is 784. The molecule has 2 aliphatic heterocycles. The highest BCUT2D eigenvalue weighted by atomic mass is 16.5. The number of likely N-dealkylation sites (N-methyl/N-ethyl adjacent to an activating group) is 2. The first-order chi connectivity index (χ1) is 16.1. The summed E-state index contributed by atoms with van der Waals surface area (Å²) < 4.78 is 5.80. The molecule has 1 fully saturated rings. The minimum Gasteiger partial charge on any atom is -0.380 e. The number of hydrogen-bond acceptors (Lipinski definition) is 5. The molecule has 0 bridgehead atoms. The average Bonchev–Trinajstić information content (AvgIpc) is 3.26. The minimum absolute atomic E-state index is 0.408. The molecule has 0 saturated carbocycles. The number of aromatic nitrogens is 1. The van der Waals surface area contributed by atoms with Gasteiger partial charge in [0.05, 0.1) is 25.9 Å². The van der Waals surface area contributed by atoms with Gasteiger partial charge in [-0.05, 0) is 50.7 Å². The molecule has 0 aromatic carbocycles. The lowest BCUT2D eigenvalue weighted by Gasteiger charge is -2.39. The number of pyridine rings is 1. The Morgan fingerprint density at radius 1 is 1.24 bits per heavy atom. The first kappa shape index (κ1) is 31.9. The monoisotopic (exact) mass is 473 g/mol. The van der Waals surface area contributed by atoms with Gasteiger partial charge >= 0.3 is 0 Å². The summed E-state index contributed by atoms with van der Waals surface area (Å²) >= 11 is 0. The molecule has 2 N–H and O–H groups in total. The van der Waals surface area contributed by atoms with Gasteiger partial charge in [0.25, 0.3) is 0 Å². The molecule has 3 heterocycles.